The van der Waals surface area contributed by atoms with E-state index < -0.39 is 24.3 Å². The zero-order valence-electron chi connectivity index (χ0n) is 14.8. The fourth-order valence-electron chi connectivity index (χ4n) is 2.22. The number of ether oxygens (including phenoxy) is 3. The number of likely N-dealkylation sites (N-methyl/N-ethyl adjacent to an activating group) is 1. The normalized spacial score (nSPS) is 10.2. The van der Waals surface area contributed by atoms with E-state index in [1.807, 2.05) is 0 Å². The van der Waals surface area contributed by atoms with Gasteiger partial charge in [-0.15, -0.1) is 0 Å². The molecule has 0 unspecified atom stereocenters. The summed E-state index contributed by atoms with van der Waals surface area (Å²) in [5, 5.41) is 0. The largest absolute Gasteiger partial charge is 0.497 e. The minimum absolute atomic E-state index is 0.0794. The molecule has 0 fully saturated rings. The third-order valence-electron chi connectivity index (χ3n) is 3.70. The molecule has 0 spiro atoms. The Morgan fingerprint density at radius 1 is 1.04 bits per heavy atom. The number of carbonyl (C=O) groups excluding carboxylic acids is 2. The second-order valence-corrected chi connectivity index (χ2v) is 5.52. The van der Waals surface area contributed by atoms with Crippen LogP contribution in [-0.4, -0.2) is 44.7 Å². The first-order valence-electron chi connectivity index (χ1n) is 7.82. The molecule has 0 aromatic heterocycles. The molecule has 0 saturated heterocycles. The molecule has 26 heavy (non-hydrogen) atoms. The van der Waals surface area contributed by atoms with E-state index in [1.54, 1.807) is 24.3 Å². The maximum Gasteiger partial charge on any atom is 0.338 e. The Morgan fingerprint density at radius 3 is 2.23 bits per heavy atom. The van der Waals surface area contributed by atoms with E-state index in [2.05, 4.69) is 0 Å². The second-order valence-electron chi connectivity index (χ2n) is 5.52. The summed E-state index contributed by atoms with van der Waals surface area (Å²) in [6, 6.07) is 10.8. The fourth-order valence-corrected chi connectivity index (χ4v) is 2.22. The third-order valence-corrected chi connectivity index (χ3v) is 3.70. The van der Waals surface area contributed by atoms with Crippen LogP contribution >= 0.6 is 0 Å². The molecule has 0 N–H and O–H groups in total. The van der Waals surface area contributed by atoms with Crippen LogP contribution in [0, 0.1) is 5.82 Å². The Kier molecular flexibility index (Phi) is 6.54. The number of carbonyl (C=O) groups is 2. The van der Waals surface area contributed by atoms with E-state index >= 15 is 0 Å². The summed E-state index contributed by atoms with van der Waals surface area (Å²) in [4.78, 5) is 25.6. The van der Waals surface area contributed by atoms with Gasteiger partial charge in [0.05, 0.1) is 19.8 Å². The molecule has 2 rings (SSSR count). The van der Waals surface area contributed by atoms with Crippen molar-refractivity contribution in [2.24, 2.45) is 0 Å². The molecule has 0 atom stereocenters. The van der Waals surface area contributed by atoms with Gasteiger partial charge in [0, 0.05) is 25.2 Å². The van der Waals surface area contributed by atoms with Crippen LogP contribution < -0.4 is 9.47 Å². The number of amides is 1. The zero-order chi connectivity index (χ0) is 19.1. The quantitative estimate of drug-likeness (QED) is 0.710. The van der Waals surface area contributed by atoms with Crippen LogP contribution in [-0.2, 0) is 16.1 Å². The number of nitrogens with zero attached hydrogens (tertiary/aromatic N) is 1. The van der Waals surface area contributed by atoms with Crippen molar-refractivity contribution in [3.8, 4) is 11.5 Å². The van der Waals surface area contributed by atoms with Crippen molar-refractivity contribution in [1.29, 1.82) is 0 Å². The van der Waals surface area contributed by atoms with Gasteiger partial charge in [-0.1, -0.05) is 18.2 Å². The summed E-state index contributed by atoms with van der Waals surface area (Å²) in [7, 11) is 4.44. The highest BCUT2D eigenvalue weighted by molar-refractivity contribution is 5.92. The first kappa shape index (κ1) is 19.2. The van der Waals surface area contributed by atoms with Gasteiger partial charge in [-0.3, -0.25) is 4.79 Å². The van der Waals surface area contributed by atoms with Crippen LogP contribution in [0.1, 0.15) is 15.9 Å². The number of halogens is 1. The molecular formula is C19H20FNO5. The first-order valence-corrected chi connectivity index (χ1v) is 7.82. The summed E-state index contributed by atoms with van der Waals surface area (Å²) < 4.78 is 28.9. The van der Waals surface area contributed by atoms with Crippen LogP contribution in [0.25, 0.3) is 0 Å². The average molecular weight is 361 g/mol. The highest BCUT2D eigenvalue weighted by atomic mass is 19.1. The molecule has 0 radical (unpaired) electrons. The minimum atomic E-state index is -0.685. The molecule has 0 aliphatic carbocycles. The molecule has 0 bridgehead atoms. The molecule has 0 aliphatic rings. The van der Waals surface area contributed by atoms with Gasteiger partial charge in [0.2, 0.25) is 0 Å². The number of hydrogen-bond acceptors (Lipinski definition) is 5. The molecule has 2 aromatic rings. The third kappa shape index (κ3) is 4.95. The molecule has 7 heteroatoms. The van der Waals surface area contributed by atoms with Crippen LogP contribution in [0.3, 0.4) is 0 Å². The predicted octanol–water partition coefficient (Wildman–Crippen LogP) is 2.66. The van der Waals surface area contributed by atoms with Gasteiger partial charge >= 0.3 is 5.97 Å². The van der Waals surface area contributed by atoms with Gasteiger partial charge in [-0.05, 0) is 18.2 Å². The Balaban J connectivity index is 1.96. The maximum absolute atomic E-state index is 13.6. The van der Waals surface area contributed by atoms with Crippen LogP contribution in [0.5, 0.6) is 11.5 Å². The second kappa shape index (κ2) is 8.84. The Bertz CT molecular complexity index is 771. The van der Waals surface area contributed by atoms with E-state index in [1.165, 1.54) is 44.4 Å². The van der Waals surface area contributed by atoms with Crippen molar-refractivity contribution in [3.63, 3.8) is 0 Å². The topological polar surface area (TPSA) is 65.1 Å². The lowest BCUT2D eigenvalue weighted by Gasteiger charge is -2.17. The van der Waals surface area contributed by atoms with Gasteiger partial charge in [-0.25, -0.2) is 9.18 Å². The Morgan fingerprint density at radius 2 is 1.65 bits per heavy atom. The van der Waals surface area contributed by atoms with E-state index in [0.29, 0.717) is 17.1 Å². The molecule has 2 aromatic carbocycles. The number of esters is 1. The number of rotatable bonds is 7. The Hall–Kier alpha value is -3.09. The van der Waals surface area contributed by atoms with Crippen molar-refractivity contribution < 1.29 is 28.2 Å². The fraction of sp³-hybridized carbons (Fsp3) is 0.263. The van der Waals surface area contributed by atoms with Crippen LogP contribution in [0.4, 0.5) is 4.39 Å². The van der Waals surface area contributed by atoms with Gasteiger partial charge in [-0.2, -0.15) is 0 Å². The van der Waals surface area contributed by atoms with E-state index in [9.17, 15) is 14.0 Å². The smallest absolute Gasteiger partial charge is 0.338 e. The lowest BCUT2D eigenvalue weighted by atomic mass is 10.2. The standard InChI is InChI=1S/C19H20FNO5/c1-21(11-13-6-4-5-7-17(13)20)18(22)12-26-19(23)14-8-15(24-2)10-16(9-14)25-3/h4-10H,11-12H2,1-3H3. The van der Waals surface area contributed by atoms with Gasteiger partial charge in [0.15, 0.2) is 6.61 Å². The highest BCUT2D eigenvalue weighted by Gasteiger charge is 2.16. The molecular weight excluding hydrogens is 341 g/mol. The average Bonchev–Trinajstić information content (AvgIpc) is 2.66. The van der Waals surface area contributed by atoms with E-state index in [-0.39, 0.29) is 12.1 Å². The van der Waals surface area contributed by atoms with E-state index in [4.69, 9.17) is 14.2 Å². The molecule has 6 nitrogen and oxygen atoms in total. The van der Waals surface area contributed by atoms with Crippen molar-refractivity contribution in [3.05, 3.63) is 59.4 Å². The lowest BCUT2D eigenvalue weighted by molar-refractivity contribution is -0.133. The van der Waals surface area contributed by atoms with E-state index in [0.717, 1.165) is 0 Å². The molecule has 0 heterocycles. The summed E-state index contributed by atoms with van der Waals surface area (Å²) >= 11 is 0. The lowest BCUT2D eigenvalue weighted by Crippen LogP contribution is -2.31. The van der Waals surface area contributed by atoms with Gasteiger partial charge < -0.3 is 19.1 Å². The summed E-state index contributed by atoms with van der Waals surface area (Å²) in [5.74, 6) is -0.669. The number of hydrogen-bond donors (Lipinski definition) is 0. The van der Waals surface area contributed by atoms with Gasteiger partial charge in [0.1, 0.15) is 17.3 Å². The first-order chi connectivity index (χ1) is 12.4. The van der Waals surface area contributed by atoms with Crippen LogP contribution in [0.15, 0.2) is 42.5 Å². The summed E-state index contributed by atoms with van der Waals surface area (Å²) in [6.07, 6.45) is 0. The van der Waals surface area contributed by atoms with Gasteiger partial charge in [0.25, 0.3) is 5.91 Å². The SMILES string of the molecule is COc1cc(OC)cc(C(=O)OCC(=O)N(C)Cc2ccccc2F)c1. The molecule has 138 valence electrons. The van der Waals surface area contributed by atoms with Crippen molar-refractivity contribution in [2.75, 3.05) is 27.9 Å². The maximum atomic E-state index is 13.6. The number of methoxy groups -OCH3 is 2. The Labute approximate surface area is 151 Å². The molecule has 0 aliphatic heterocycles. The van der Waals surface area contributed by atoms with Crippen LogP contribution in [0.2, 0.25) is 0 Å². The number of benzene rings is 2. The van der Waals surface area contributed by atoms with Crippen molar-refractivity contribution in [2.45, 2.75) is 6.54 Å². The highest BCUT2D eigenvalue weighted by Crippen LogP contribution is 2.23. The van der Waals surface area contributed by atoms with Crippen molar-refractivity contribution >= 4 is 11.9 Å². The molecule has 1 amide bonds. The zero-order valence-corrected chi connectivity index (χ0v) is 14.8. The summed E-state index contributed by atoms with van der Waals surface area (Å²) in [5.41, 5.74) is 0.581. The minimum Gasteiger partial charge on any atom is -0.497 e. The predicted molar refractivity (Wildman–Crippen MR) is 92.7 cm³/mol. The molecule has 0 saturated carbocycles. The monoisotopic (exact) mass is 361 g/mol. The summed E-state index contributed by atoms with van der Waals surface area (Å²) in [6.45, 7) is -0.376. The van der Waals surface area contributed by atoms with Crippen molar-refractivity contribution in [1.82, 2.24) is 4.90 Å².